The number of para-hydroxylation sites is 1. The number of hydrogen-bond acceptors (Lipinski definition) is 4. The van der Waals surface area contributed by atoms with Gasteiger partial charge in [-0.1, -0.05) is 42.5 Å². The van der Waals surface area contributed by atoms with Gasteiger partial charge in [-0.25, -0.2) is 0 Å². The average Bonchev–Trinajstić information content (AvgIpc) is 2.87. The van der Waals surface area contributed by atoms with Gasteiger partial charge in [-0.3, -0.25) is 4.98 Å². The summed E-state index contributed by atoms with van der Waals surface area (Å²) in [6.07, 6.45) is 0. The van der Waals surface area contributed by atoms with E-state index in [4.69, 9.17) is 0 Å². The number of aromatic nitrogens is 1. The molecule has 6 heteroatoms. The van der Waals surface area contributed by atoms with Crippen molar-refractivity contribution in [3.63, 3.8) is 0 Å². The van der Waals surface area contributed by atoms with E-state index >= 15 is 0 Å². The first kappa shape index (κ1) is 14.5. The van der Waals surface area contributed by atoms with E-state index in [9.17, 15) is 13.7 Å². The molecule has 1 aliphatic heterocycles. The van der Waals surface area contributed by atoms with E-state index in [1.165, 1.54) is 6.07 Å². The lowest BCUT2D eigenvalue weighted by Crippen LogP contribution is -2.12. The molecule has 0 fully saturated rings. The lowest BCUT2D eigenvalue weighted by atomic mass is 9.94. The minimum absolute atomic E-state index is 0.140. The van der Waals surface area contributed by atoms with Crippen molar-refractivity contribution in [1.82, 2.24) is 4.98 Å². The zero-order chi connectivity index (χ0) is 16.7. The summed E-state index contributed by atoms with van der Waals surface area (Å²) in [5.41, 5.74) is 1.95. The van der Waals surface area contributed by atoms with Crippen LogP contribution < -0.4 is 0 Å². The van der Waals surface area contributed by atoms with Gasteiger partial charge in [0, 0.05) is 10.9 Å². The molecule has 0 saturated heterocycles. The summed E-state index contributed by atoms with van der Waals surface area (Å²) in [4.78, 5) is 4.65. The van der Waals surface area contributed by atoms with Crippen LogP contribution >= 0.6 is 0 Å². The van der Waals surface area contributed by atoms with E-state index in [0.29, 0.717) is 11.3 Å². The van der Waals surface area contributed by atoms with Gasteiger partial charge in [0.25, 0.3) is 10.0 Å². The lowest BCUT2D eigenvalue weighted by molar-refractivity contribution is 0.599. The summed E-state index contributed by atoms with van der Waals surface area (Å²) in [5.74, 6) is -0.840. The van der Waals surface area contributed by atoms with E-state index in [0.717, 1.165) is 10.9 Å². The highest BCUT2D eigenvalue weighted by Gasteiger charge is 2.34. The van der Waals surface area contributed by atoms with E-state index < -0.39 is 15.9 Å². The largest absolute Gasteiger partial charge is 0.283 e. The number of nitriles is 1. The molecule has 0 aliphatic carbocycles. The molecule has 116 valence electrons. The Morgan fingerprint density at radius 1 is 0.958 bits per heavy atom. The second kappa shape index (κ2) is 5.25. The molecule has 24 heavy (non-hydrogen) atoms. The minimum atomic E-state index is -3.75. The predicted molar refractivity (Wildman–Crippen MR) is 90.3 cm³/mol. The van der Waals surface area contributed by atoms with Gasteiger partial charge in [-0.2, -0.15) is 18.1 Å². The van der Waals surface area contributed by atoms with Crippen LogP contribution in [0.3, 0.4) is 0 Å². The third-order valence-corrected chi connectivity index (χ3v) is 5.33. The van der Waals surface area contributed by atoms with E-state index in [2.05, 4.69) is 15.5 Å². The second-order valence-corrected chi connectivity index (χ2v) is 7.01. The fourth-order valence-electron chi connectivity index (χ4n) is 2.85. The molecule has 4 rings (SSSR count). The number of sulfonamides is 1. The van der Waals surface area contributed by atoms with E-state index in [1.807, 2.05) is 30.3 Å². The summed E-state index contributed by atoms with van der Waals surface area (Å²) in [7, 11) is -3.75. The Labute approximate surface area is 139 Å². The molecule has 0 spiro atoms. The van der Waals surface area contributed by atoms with Crippen molar-refractivity contribution in [2.45, 2.75) is 10.8 Å². The van der Waals surface area contributed by atoms with Gasteiger partial charge in [-0.15, -0.1) is 0 Å². The number of nitrogens with zero attached hydrogens (tertiary/aromatic N) is 3. The zero-order valence-corrected chi connectivity index (χ0v) is 13.2. The van der Waals surface area contributed by atoms with Crippen molar-refractivity contribution < 1.29 is 8.42 Å². The fraction of sp³-hybridized carbons (Fsp3) is 0.0556. The number of fused-ring (bicyclic) bond motifs is 2. The number of benzene rings is 2. The van der Waals surface area contributed by atoms with Gasteiger partial charge < -0.3 is 0 Å². The van der Waals surface area contributed by atoms with Gasteiger partial charge in [0.2, 0.25) is 0 Å². The zero-order valence-electron chi connectivity index (χ0n) is 12.4. The molecule has 0 amide bonds. The van der Waals surface area contributed by atoms with Crippen molar-refractivity contribution in [2.75, 3.05) is 0 Å². The molecule has 0 saturated carbocycles. The van der Waals surface area contributed by atoms with Crippen LogP contribution in [-0.4, -0.2) is 19.1 Å². The monoisotopic (exact) mass is 333 g/mol. The third-order valence-electron chi connectivity index (χ3n) is 3.98. The predicted octanol–water partition coefficient (Wildman–Crippen LogP) is 3.03. The maximum Gasteiger partial charge on any atom is 0.283 e. The number of rotatable bonds is 2. The van der Waals surface area contributed by atoms with Gasteiger partial charge in [0.15, 0.2) is 0 Å². The highest BCUT2D eigenvalue weighted by molar-refractivity contribution is 7.90. The topological polar surface area (TPSA) is 83.2 Å². The second-order valence-electron chi connectivity index (χ2n) is 5.44. The molecule has 2 heterocycles. The van der Waals surface area contributed by atoms with Crippen LogP contribution in [0.1, 0.15) is 17.2 Å². The maximum absolute atomic E-state index is 12.2. The Kier molecular flexibility index (Phi) is 3.18. The summed E-state index contributed by atoms with van der Waals surface area (Å²) < 4.78 is 28.3. The molecule has 0 radical (unpaired) electrons. The molecule has 3 aromatic rings. The SMILES string of the molecule is N#C[C@H](C1=NS(=O)(=O)c2ccccc21)c1ccc2ccccc2n1. The van der Waals surface area contributed by atoms with Crippen molar-refractivity contribution in [1.29, 1.82) is 5.26 Å². The summed E-state index contributed by atoms with van der Waals surface area (Å²) in [6, 6.07) is 19.9. The Morgan fingerprint density at radius 2 is 1.71 bits per heavy atom. The normalized spacial score (nSPS) is 16.2. The Hall–Kier alpha value is -3.04. The number of hydrogen-bond donors (Lipinski definition) is 0. The molecule has 2 aromatic carbocycles. The van der Waals surface area contributed by atoms with Gasteiger partial charge in [-0.05, 0) is 18.2 Å². The van der Waals surface area contributed by atoms with Crippen LogP contribution in [0, 0.1) is 11.3 Å². The van der Waals surface area contributed by atoms with Gasteiger partial charge >= 0.3 is 0 Å². The molecule has 0 N–H and O–H groups in total. The van der Waals surface area contributed by atoms with Crippen molar-refractivity contribution >= 4 is 26.6 Å². The molecular weight excluding hydrogens is 322 g/mol. The fourth-order valence-corrected chi connectivity index (χ4v) is 4.11. The number of pyridine rings is 1. The molecule has 5 nitrogen and oxygen atoms in total. The average molecular weight is 333 g/mol. The quantitative estimate of drug-likeness (QED) is 0.721. The van der Waals surface area contributed by atoms with Crippen LogP contribution in [0.2, 0.25) is 0 Å². The standard InChI is InChI=1S/C18H11N3O2S/c19-11-14(16-10-9-12-5-1-3-7-15(12)20-16)18-13-6-2-4-8-17(13)24(22,23)21-18/h1-10,14H/t14-/m0/s1. The highest BCUT2D eigenvalue weighted by Crippen LogP contribution is 2.32. The Bertz CT molecular complexity index is 1140. The summed E-state index contributed by atoms with van der Waals surface area (Å²) >= 11 is 0. The lowest BCUT2D eigenvalue weighted by Gasteiger charge is -2.10. The third kappa shape index (κ3) is 2.18. The molecule has 1 aromatic heterocycles. The van der Waals surface area contributed by atoms with E-state index in [1.54, 1.807) is 24.3 Å². The summed E-state index contributed by atoms with van der Waals surface area (Å²) in [5, 5.41) is 10.6. The minimum Gasteiger partial charge on any atom is -0.251 e. The van der Waals surface area contributed by atoms with Gasteiger partial charge in [0.1, 0.15) is 5.92 Å². The van der Waals surface area contributed by atoms with Crippen LogP contribution in [-0.2, 0) is 10.0 Å². The van der Waals surface area contributed by atoms with Crippen LogP contribution in [0.5, 0.6) is 0 Å². The van der Waals surface area contributed by atoms with Crippen molar-refractivity contribution in [3.05, 3.63) is 71.9 Å². The van der Waals surface area contributed by atoms with Crippen LogP contribution in [0.4, 0.5) is 0 Å². The first-order valence-electron chi connectivity index (χ1n) is 7.30. The van der Waals surface area contributed by atoms with E-state index in [-0.39, 0.29) is 10.6 Å². The first-order valence-corrected chi connectivity index (χ1v) is 8.74. The van der Waals surface area contributed by atoms with Crippen molar-refractivity contribution in [3.8, 4) is 6.07 Å². The Morgan fingerprint density at radius 3 is 2.54 bits per heavy atom. The first-order chi connectivity index (χ1) is 11.6. The van der Waals surface area contributed by atoms with Crippen LogP contribution in [0.15, 0.2) is 70.0 Å². The molecule has 1 aliphatic rings. The molecule has 0 unspecified atom stereocenters. The maximum atomic E-state index is 12.2. The smallest absolute Gasteiger partial charge is 0.251 e. The Balaban J connectivity index is 1.89. The molecule has 1 atom stereocenters. The molecular formula is C18H11N3O2S. The van der Waals surface area contributed by atoms with Crippen LogP contribution in [0.25, 0.3) is 10.9 Å². The molecule has 0 bridgehead atoms. The van der Waals surface area contributed by atoms with Crippen molar-refractivity contribution in [2.24, 2.45) is 4.40 Å². The highest BCUT2D eigenvalue weighted by atomic mass is 32.2. The van der Waals surface area contributed by atoms with Gasteiger partial charge in [0.05, 0.1) is 27.9 Å². The summed E-state index contributed by atoms with van der Waals surface area (Å²) in [6.45, 7) is 0.